The first-order valence-corrected chi connectivity index (χ1v) is 10.7. The predicted molar refractivity (Wildman–Crippen MR) is 120 cm³/mol. The molecule has 10 heteroatoms. The van der Waals surface area contributed by atoms with Gasteiger partial charge < -0.3 is 23.9 Å². The topological polar surface area (TPSA) is 87.0 Å². The number of aryl methyl sites for hydroxylation is 1. The molecule has 7 nitrogen and oxygen atoms in total. The van der Waals surface area contributed by atoms with Crippen molar-refractivity contribution >= 4 is 11.9 Å². The number of carboxylic acid groups (broad SMARTS) is 1. The number of nitrogens with zero attached hydrogens (tertiary/aromatic N) is 1. The van der Waals surface area contributed by atoms with Gasteiger partial charge in [-0.2, -0.15) is 13.2 Å². The van der Waals surface area contributed by atoms with Crippen LogP contribution in [0.1, 0.15) is 38.9 Å². The fraction of sp³-hybridized carbons (Fsp3) is 0.280. The third-order valence-electron chi connectivity index (χ3n) is 5.88. The number of rotatable bonds is 6. The van der Waals surface area contributed by atoms with E-state index in [2.05, 4.69) is 0 Å². The zero-order valence-electron chi connectivity index (χ0n) is 19.2. The van der Waals surface area contributed by atoms with Gasteiger partial charge in [0.25, 0.3) is 0 Å². The Bertz CT molecular complexity index is 1330. The van der Waals surface area contributed by atoms with Crippen molar-refractivity contribution in [2.24, 2.45) is 0 Å². The Labute approximate surface area is 198 Å². The highest BCUT2D eigenvalue weighted by molar-refractivity contribution is 6.06. The van der Waals surface area contributed by atoms with Crippen molar-refractivity contribution in [2.45, 2.75) is 26.1 Å². The second kappa shape index (κ2) is 9.01. The minimum absolute atomic E-state index is 0.0358. The van der Waals surface area contributed by atoms with Crippen LogP contribution in [0.3, 0.4) is 0 Å². The number of carboxylic acids is 1. The second-order valence-corrected chi connectivity index (χ2v) is 7.82. The molecule has 0 saturated carbocycles. The molecule has 4 rings (SSSR count). The minimum atomic E-state index is -4.85. The van der Waals surface area contributed by atoms with Crippen molar-refractivity contribution in [3.8, 4) is 33.9 Å². The summed E-state index contributed by atoms with van der Waals surface area (Å²) in [6.07, 6.45) is -4.60. The molecule has 184 valence electrons. The van der Waals surface area contributed by atoms with E-state index in [1.807, 2.05) is 0 Å². The number of alkyl halides is 3. The van der Waals surface area contributed by atoms with Crippen LogP contribution in [-0.4, -0.2) is 42.4 Å². The van der Waals surface area contributed by atoms with Crippen LogP contribution in [0.5, 0.6) is 11.5 Å². The molecule has 2 aromatic carbocycles. The van der Waals surface area contributed by atoms with Crippen LogP contribution in [0.2, 0.25) is 0 Å². The average molecular weight is 489 g/mol. The quantitative estimate of drug-likeness (QED) is 0.474. The van der Waals surface area contributed by atoms with Gasteiger partial charge in [-0.25, -0.2) is 9.59 Å². The molecule has 2 heterocycles. The molecule has 0 unspecified atom stereocenters. The lowest BCUT2D eigenvalue weighted by molar-refractivity contribution is -0.142. The molecular formula is C25H22F3NO6. The van der Waals surface area contributed by atoms with Gasteiger partial charge >= 0.3 is 18.1 Å². The van der Waals surface area contributed by atoms with Crippen molar-refractivity contribution in [1.29, 1.82) is 0 Å². The zero-order chi connectivity index (χ0) is 25.5. The lowest BCUT2D eigenvalue weighted by atomic mass is 9.93. The van der Waals surface area contributed by atoms with Crippen LogP contribution >= 0.6 is 0 Å². The summed E-state index contributed by atoms with van der Waals surface area (Å²) in [5.74, 6) is -1.54. The number of fused-ring (bicyclic) bond motifs is 3. The van der Waals surface area contributed by atoms with Crippen LogP contribution < -0.4 is 9.47 Å². The van der Waals surface area contributed by atoms with Gasteiger partial charge in [-0.3, -0.25) is 0 Å². The first-order valence-electron chi connectivity index (χ1n) is 10.7. The summed E-state index contributed by atoms with van der Waals surface area (Å²) in [6.45, 7) is 1.44. The standard InChI is InChI=1S/C25H22F3NO6/c1-4-35-24(32)20-19(14-6-5-7-15(10-14)23(30)31)22(25(26,27)28)29-9-8-13-11-17(33-2)18(34-3)12-16(13)21(20)29/h5-7,10-12H,4,8-9H2,1-3H3,(H,30,31). The number of esters is 1. The Hall–Kier alpha value is -3.95. The third kappa shape index (κ3) is 4.09. The highest BCUT2D eigenvalue weighted by Gasteiger charge is 2.44. The predicted octanol–water partition coefficient (Wildman–Crippen LogP) is 5.29. The number of benzene rings is 2. The highest BCUT2D eigenvalue weighted by Crippen LogP contribution is 2.49. The third-order valence-corrected chi connectivity index (χ3v) is 5.88. The van der Waals surface area contributed by atoms with Gasteiger partial charge in [0.2, 0.25) is 0 Å². The molecule has 1 aromatic heterocycles. The Morgan fingerprint density at radius 1 is 1.09 bits per heavy atom. The van der Waals surface area contributed by atoms with Crippen molar-refractivity contribution in [3.63, 3.8) is 0 Å². The summed E-state index contributed by atoms with van der Waals surface area (Å²) in [7, 11) is 2.86. The van der Waals surface area contributed by atoms with Gasteiger partial charge in [0.05, 0.1) is 37.6 Å². The number of carbonyl (C=O) groups excluding carboxylic acids is 1. The van der Waals surface area contributed by atoms with Crippen molar-refractivity contribution in [3.05, 3.63) is 58.8 Å². The maximum Gasteiger partial charge on any atom is 0.432 e. The lowest BCUT2D eigenvalue weighted by Gasteiger charge is -2.24. The van der Waals surface area contributed by atoms with E-state index in [1.54, 1.807) is 19.1 Å². The monoisotopic (exact) mass is 489 g/mol. The molecule has 0 amide bonds. The molecule has 3 aromatic rings. The molecule has 0 aliphatic carbocycles. The molecule has 0 bridgehead atoms. The first kappa shape index (κ1) is 24.2. The molecule has 0 spiro atoms. The van der Waals surface area contributed by atoms with Gasteiger partial charge in [-0.1, -0.05) is 12.1 Å². The molecule has 0 radical (unpaired) electrons. The van der Waals surface area contributed by atoms with Crippen LogP contribution in [0, 0.1) is 0 Å². The number of carbonyl (C=O) groups is 2. The fourth-order valence-electron chi connectivity index (χ4n) is 4.49. The van der Waals surface area contributed by atoms with E-state index >= 15 is 0 Å². The summed E-state index contributed by atoms with van der Waals surface area (Å²) >= 11 is 0. The van der Waals surface area contributed by atoms with E-state index < -0.39 is 29.4 Å². The molecule has 35 heavy (non-hydrogen) atoms. The van der Waals surface area contributed by atoms with Gasteiger partial charge in [0.15, 0.2) is 11.5 Å². The van der Waals surface area contributed by atoms with E-state index in [9.17, 15) is 27.9 Å². The Morgan fingerprint density at radius 3 is 2.37 bits per heavy atom. The Morgan fingerprint density at radius 2 is 1.77 bits per heavy atom. The van der Waals surface area contributed by atoms with Crippen molar-refractivity contribution in [1.82, 2.24) is 4.57 Å². The maximum atomic E-state index is 14.5. The van der Waals surface area contributed by atoms with E-state index in [1.165, 1.54) is 32.4 Å². The van der Waals surface area contributed by atoms with Crippen LogP contribution in [0.4, 0.5) is 13.2 Å². The minimum Gasteiger partial charge on any atom is -0.493 e. The Kier molecular flexibility index (Phi) is 6.23. The molecule has 1 N–H and O–H groups in total. The molecule has 0 fully saturated rings. The lowest BCUT2D eigenvalue weighted by Crippen LogP contribution is -2.19. The molecule has 1 aliphatic heterocycles. The number of aromatic nitrogens is 1. The van der Waals surface area contributed by atoms with Crippen LogP contribution in [0.15, 0.2) is 36.4 Å². The number of methoxy groups -OCH3 is 2. The van der Waals surface area contributed by atoms with Gasteiger partial charge in [0.1, 0.15) is 5.69 Å². The molecule has 1 aliphatic rings. The fourth-order valence-corrected chi connectivity index (χ4v) is 4.49. The highest BCUT2D eigenvalue weighted by atomic mass is 19.4. The largest absolute Gasteiger partial charge is 0.493 e. The summed E-state index contributed by atoms with van der Waals surface area (Å²) < 4.78 is 60.6. The van der Waals surface area contributed by atoms with Crippen LogP contribution in [0.25, 0.3) is 22.4 Å². The zero-order valence-corrected chi connectivity index (χ0v) is 19.2. The SMILES string of the molecule is CCOC(=O)c1c(-c2cccc(C(=O)O)c2)c(C(F)(F)F)n2c1-c1cc(OC)c(OC)cc1CC2. The summed E-state index contributed by atoms with van der Waals surface area (Å²) in [4.78, 5) is 24.7. The van der Waals surface area contributed by atoms with E-state index in [-0.39, 0.29) is 42.0 Å². The normalized spacial score (nSPS) is 12.5. The number of halogens is 3. The summed E-state index contributed by atoms with van der Waals surface area (Å²) in [5.41, 5.74) is -0.912. The maximum absolute atomic E-state index is 14.5. The molecule has 0 atom stereocenters. The Balaban J connectivity index is 2.15. The van der Waals surface area contributed by atoms with Crippen LogP contribution in [-0.2, 0) is 23.9 Å². The summed E-state index contributed by atoms with van der Waals surface area (Å²) in [5, 5.41) is 9.40. The summed E-state index contributed by atoms with van der Waals surface area (Å²) in [6, 6.07) is 8.30. The van der Waals surface area contributed by atoms with Crippen molar-refractivity contribution in [2.75, 3.05) is 20.8 Å². The van der Waals surface area contributed by atoms with Crippen molar-refractivity contribution < 1.29 is 42.1 Å². The van der Waals surface area contributed by atoms with E-state index in [0.717, 1.165) is 10.6 Å². The smallest absolute Gasteiger partial charge is 0.432 e. The average Bonchev–Trinajstić information content (AvgIpc) is 3.19. The number of hydrogen-bond donors (Lipinski definition) is 1. The molecule has 0 saturated heterocycles. The number of hydrogen-bond acceptors (Lipinski definition) is 5. The van der Waals surface area contributed by atoms with E-state index in [0.29, 0.717) is 22.6 Å². The van der Waals surface area contributed by atoms with Gasteiger partial charge in [-0.15, -0.1) is 0 Å². The molecular weight excluding hydrogens is 467 g/mol. The van der Waals surface area contributed by atoms with E-state index in [4.69, 9.17) is 14.2 Å². The second-order valence-electron chi connectivity index (χ2n) is 7.82. The van der Waals surface area contributed by atoms with Gasteiger partial charge in [-0.05, 0) is 48.7 Å². The number of aromatic carboxylic acids is 1. The first-order chi connectivity index (χ1) is 16.6. The van der Waals surface area contributed by atoms with Gasteiger partial charge in [0, 0.05) is 17.7 Å². The number of ether oxygens (including phenoxy) is 3.